The molecule has 0 fully saturated rings. The Labute approximate surface area is 148 Å². The Morgan fingerprint density at radius 1 is 1.27 bits per heavy atom. The smallest absolute Gasteiger partial charge is 0.191 e. The van der Waals surface area contributed by atoms with Gasteiger partial charge in [0.25, 0.3) is 0 Å². The Hall–Kier alpha value is -1.38. The van der Waals surface area contributed by atoms with Crippen molar-refractivity contribution in [1.82, 2.24) is 25.2 Å². The number of rotatable bonds is 4. The maximum Gasteiger partial charge on any atom is 0.191 e. The lowest BCUT2D eigenvalue weighted by Gasteiger charge is -2.23. The van der Waals surface area contributed by atoms with Crippen LogP contribution in [0.25, 0.3) is 5.65 Å². The number of guanidine groups is 1. The van der Waals surface area contributed by atoms with Crippen LogP contribution in [0.3, 0.4) is 0 Å². The lowest BCUT2D eigenvalue weighted by atomic mass is 10.1. The number of fused-ring (bicyclic) bond motifs is 1. The molecule has 2 aromatic rings. The van der Waals surface area contributed by atoms with Gasteiger partial charge in [-0.05, 0) is 39.3 Å². The molecule has 0 unspecified atom stereocenters. The van der Waals surface area contributed by atoms with E-state index in [9.17, 15) is 0 Å². The van der Waals surface area contributed by atoms with Gasteiger partial charge in [0.15, 0.2) is 11.6 Å². The monoisotopic (exact) mass is 416 g/mol. The lowest BCUT2D eigenvalue weighted by molar-refractivity contribution is 0.500. The number of hydrogen-bond acceptors (Lipinski definition) is 3. The number of aromatic nitrogens is 3. The minimum absolute atomic E-state index is 0. The van der Waals surface area contributed by atoms with Crippen molar-refractivity contribution in [2.24, 2.45) is 4.99 Å². The Morgan fingerprint density at radius 3 is 2.73 bits per heavy atom. The van der Waals surface area contributed by atoms with Gasteiger partial charge in [-0.15, -0.1) is 34.2 Å². The van der Waals surface area contributed by atoms with E-state index in [0.717, 1.165) is 36.8 Å². The number of aryl methyl sites for hydroxylation is 1. The van der Waals surface area contributed by atoms with Gasteiger partial charge >= 0.3 is 0 Å². The molecule has 2 N–H and O–H groups in total. The Morgan fingerprint density at radius 2 is 2.05 bits per heavy atom. The fourth-order valence-electron chi connectivity index (χ4n) is 2.05. The molecule has 22 heavy (non-hydrogen) atoms. The van der Waals surface area contributed by atoms with Crippen LogP contribution in [0.15, 0.2) is 29.4 Å². The van der Waals surface area contributed by atoms with Gasteiger partial charge in [-0.25, -0.2) is 0 Å². The molecule has 0 aromatic carbocycles. The number of aliphatic imine (C=N–C) groups is 1. The molecule has 2 rings (SSSR count). The second-order valence-corrected chi connectivity index (χ2v) is 6.02. The van der Waals surface area contributed by atoms with E-state index >= 15 is 0 Å². The number of nitrogens with zero attached hydrogens (tertiary/aromatic N) is 4. The van der Waals surface area contributed by atoms with Gasteiger partial charge in [0, 0.05) is 31.7 Å². The Kier molecular flexibility index (Phi) is 7.05. The van der Waals surface area contributed by atoms with Gasteiger partial charge in [0.2, 0.25) is 0 Å². The molecule has 0 atom stereocenters. The summed E-state index contributed by atoms with van der Waals surface area (Å²) in [6.45, 7) is 7.18. The van der Waals surface area contributed by atoms with Crippen molar-refractivity contribution in [2.75, 3.05) is 13.6 Å². The third-order valence-corrected chi connectivity index (χ3v) is 2.97. The van der Waals surface area contributed by atoms with Gasteiger partial charge in [-0.2, -0.15) is 0 Å². The van der Waals surface area contributed by atoms with Crippen LogP contribution in [0.5, 0.6) is 0 Å². The lowest BCUT2D eigenvalue weighted by Crippen LogP contribution is -2.47. The van der Waals surface area contributed by atoms with E-state index in [2.05, 4.69) is 46.6 Å². The summed E-state index contributed by atoms with van der Waals surface area (Å²) in [5.41, 5.74) is 0.899. The summed E-state index contributed by atoms with van der Waals surface area (Å²) in [6.07, 6.45) is 3.85. The van der Waals surface area contributed by atoms with Crippen LogP contribution < -0.4 is 10.6 Å². The Balaban J connectivity index is 0.00000242. The minimum atomic E-state index is 0. The molecular weight excluding hydrogens is 391 g/mol. The van der Waals surface area contributed by atoms with Crippen LogP contribution in [-0.2, 0) is 6.42 Å². The highest BCUT2D eigenvalue weighted by molar-refractivity contribution is 14.0. The topological polar surface area (TPSA) is 66.6 Å². The van der Waals surface area contributed by atoms with Crippen molar-refractivity contribution in [3.8, 4) is 0 Å². The van der Waals surface area contributed by atoms with Crippen LogP contribution in [0.2, 0.25) is 0 Å². The molecular formula is C15H25IN6. The highest BCUT2D eigenvalue weighted by atomic mass is 127. The van der Waals surface area contributed by atoms with E-state index < -0.39 is 0 Å². The number of halogens is 1. The second-order valence-electron chi connectivity index (χ2n) is 6.02. The summed E-state index contributed by atoms with van der Waals surface area (Å²) in [5, 5.41) is 15.0. The summed E-state index contributed by atoms with van der Waals surface area (Å²) in [4.78, 5) is 4.22. The highest BCUT2D eigenvalue weighted by Crippen LogP contribution is 2.04. The standard InChI is InChI=1S/C15H24N6.HI/c1-15(2,3)18-14(16-4)17-10-7-9-13-20-19-12-8-5-6-11-21(12)13;/h5-6,8,11H,7,9-10H2,1-4H3,(H2,16,17,18);1H. The fourth-order valence-corrected chi connectivity index (χ4v) is 2.05. The molecule has 0 aliphatic heterocycles. The summed E-state index contributed by atoms with van der Waals surface area (Å²) in [5.74, 6) is 1.82. The number of hydrogen-bond donors (Lipinski definition) is 2. The van der Waals surface area contributed by atoms with Gasteiger partial charge in [-0.1, -0.05) is 6.07 Å². The summed E-state index contributed by atoms with van der Waals surface area (Å²) in [7, 11) is 1.78. The van der Waals surface area contributed by atoms with Crippen molar-refractivity contribution in [3.63, 3.8) is 0 Å². The van der Waals surface area contributed by atoms with Gasteiger partial charge in [0.1, 0.15) is 5.82 Å². The predicted molar refractivity (Wildman–Crippen MR) is 101 cm³/mol. The molecule has 0 radical (unpaired) electrons. The molecule has 2 aromatic heterocycles. The maximum absolute atomic E-state index is 4.23. The van der Waals surface area contributed by atoms with E-state index in [1.54, 1.807) is 7.05 Å². The van der Waals surface area contributed by atoms with E-state index in [1.165, 1.54) is 0 Å². The van der Waals surface area contributed by atoms with Crippen LogP contribution in [0, 0.1) is 0 Å². The summed E-state index contributed by atoms with van der Waals surface area (Å²) < 4.78 is 2.03. The molecule has 0 saturated heterocycles. The molecule has 0 aliphatic carbocycles. The number of pyridine rings is 1. The van der Waals surface area contributed by atoms with Crippen LogP contribution >= 0.6 is 24.0 Å². The first-order valence-electron chi connectivity index (χ1n) is 7.27. The van der Waals surface area contributed by atoms with Crippen molar-refractivity contribution in [1.29, 1.82) is 0 Å². The van der Waals surface area contributed by atoms with Crippen LogP contribution in [-0.4, -0.2) is 39.7 Å². The van der Waals surface area contributed by atoms with Crippen molar-refractivity contribution >= 4 is 35.6 Å². The average molecular weight is 416 g/mol. The van der Waals surface area contributed by atoms with Crippen molar-refractivity contribution < 1.29 is 0 Å². The Bertz CT molecular complexity index is 614. The van der Waals surface area contributed by atoms with Gasteiger partial charge < -0.3 is 10.6 Å². The molecule has 0 bridgehead atoms. The second kappa shape index (κ2) is 8.30. The molecule has 0 amide bonds. The van der Waals surface area contributed by atoms with Gasteiger partial charge in [-0.3, -0.25) is 9.39 Å². The largest absolute Gasteiger partial charge is 0.356 e. The summed E-state index contributed by atoms with van der Waals surface area (Å²) >= 11 is 0. The molecule has 2 heterocycles. The van der Waals surface area contributed by atoms with Gasteiger partial charge in [0.05, 0.1) is 0 Å². The zero-order chi connectivity index (χ0) is 15.3. The molecule has 0 spiro atoms. The third-order valence-electron chi connectivity index (χ3n) is 2.97. The van der Waals surface area contributed by atoms with E-state index in [-0.39, 0.29) is 29.5 Å². The van der Waals surface area contributed by atoms with E-state index in [4.69, 9.17) is 0 Å². The quantitative estimate of drug-likeness (QED) is 0.347. The molecule has 0 aliphatic rings. The number of nitrogens with one attached hydrogen (secondary N) is 2. The average Bonchev–Trinajstić information content (AvgIpc) is 2.84. The zero-order valence-corrected chi connectivity index (χ0v) is 16.0. The SMILES string of the molecule is CN=C(NCCCc1nnc2ccccn12)NC(C)(C)C.I. The fraction of sp³-hybridized carbons (Fsp3) is 0.533. The van der Waals surface area contributed by atoms with E-state index in [1.807, 2.05) is 28.8 Å². The molecule has 6 nitrogen and oxygen atoms in total. The third kappa shape index (κ3) is 5.43. The molecule has 122 valence electrons. The highest BCUT2D eigenvalue weighted by Gasteiger charge is 2.11. The normalized spacial score (nSPS) is 12.1. The van der Waals surface area contributed by atoms with Crippen LogP contribution in [0.1, 0.15) is 33.0 Å². The maximum atomic E-state index is 4.23. The predicted octanol–water partition coefficient (Wildman–Crippen LogP) is 2.24. The first kappa shape index (κ1) is 18.7. The van der Waals surface area contributed by atoms with Crippen LogP contribution in [0.4, 0.5) is 0 Å². The van der Waals surface area contributed by atoms with E-state index in [0.29, 0.717) is 0 Å². The zero-order valence-electron chi connectivity index (χ0n) is 13.6. The van der Waals surface area contributed by atoms with Crippen molar-refractivity contribution in [3.05, 3.63) is 30.2 Å². The molecule has 7 heteroatoms. The minimum Gasteiger partial charge on any atom is -0.356 e. The van der Waals surface area contributed by atoms with Crippen molar-refractivity contribution in [2.45, 2.75) is 39.2 Å². The first-order valence-corrected chi connectivity index (χ1v) is 7.27. The first-order chi connectivity index (χ1) is 9.99. The summed E-state index contributed by atoms with van der Waals surface area (Å²) in [6, 6.07) is 5.93. The molecule has 0 saturated carbocycles.